The smallest absolute Gasteiger partial charge is 0.409 e. The van der Waals surface area contributed by atoms with Crippen LogP contribution < -0.4 is 5.32 Å². The fourth-order valence-electron chi connectivity index (χ4n) is 3.69. The highest BCUT2D eigenvalue weighted by molar-refractivity contribution is 5.77. The number of hydrogen-bond donors (Lipinski definition) is 1. The van der Waals surface area contributed by atoms with Gasteiger partial charge in [0.2, 0.25) is 5.91 Å². The maximum atomic E-state index is 12.6. The van der Waals surface area contributed by atoms with Gasteiger partial charge in [0.1, 0.15) is 0 Å². The summed E-state index contributed by atoms with van der Waals surface area (Å²) in [7, 11) is 1.41. The first-order chi connectivity index (χ1) is 14.2. The number of ether oxygens (including phenoxy) is 1. The zero-order valence-corrected chi connectivity index (χ0v) is 16.9. The predicted molar refractivity (Wildman–Crippen MR) is 113 cm³/mol. The number of nitrogens with one attached hydrogen (secondary N) is 1. The molecule has 1 aliphatic heterocycles. The van der Waals surface area contributed by atoms with Crippen LogP contribution in [0.25, 0.3) is 0 Å². The van der Waals surface area contributed by atoms with Crippen molar-refractivity contribution in [2.45, 2.75) is 12.3 Å². The quantitative estimate of drug-likeness (QED) is 0.783. The minimum absolute atomic E-state index is 0.0426. The molecule has 6 nitrogen and oxygen atoms in total. The third-order valence-corrected chi connectivity index (χ3v) is 5.35. The summed E-state index contributed by atoms with van der Waals surface area (Å²) in [5, 5.41) is 3.06. The van der Waals surface area contributed by atoms with Crippen LogP contribution in [0, 0.1) is 0 Å². The lowest BCUT2D eigenvalue weighted by Crippen LogP contribution is -2.50. The Morgan fingerprint density at radius 1 is 0.931 bits per heavy atom. The Morgan fingerprint density at radius 2 is 1.48 bits per heavy atom. The van der Waals surface area contributed by atoms with E-state index < -0.39 is 0 Å². The molecule has 154 valence electrons. The Bertz CT molecular complexity index is 735. The van der Waals surface area contributed by atoms with Crippen molar-refractivity contribution >= 4 is 12.0 Å². The molecule has 0 radical (unpaired) electrons. The van der Waals surface area contributed by atoms with E-state index in [0.717, 1.165) is 30.8 Å². The van der Waals surface area contributed by atoms with Crippen molar-refractivity contribution in [3.05, 3.63) is 71.8 Å². The lowest BCUT2D eigenvalue weighted by molar-refractivity contribution is -0.121. The van der Waals surface area contributed by atoms with Crippen molar-refractivity contribution in [1.29, 1.82) is 0 Å². The fourth-order valence-corrected chi connectivity index (χ4v) is 3.69. The van der Waals surface area contributed by atoms with Crippen LogP contribution in [0.4, 0.5) is 4.79 Å². The first-order valence-electron chi connectivity index (χ1n) is 10.1. The normalized spacial score (nSPS) is 14.6. The molecule has 0 atom stereocenters. The van der Waals surface area contributed by atoms with Crippen LogP contribution in [0.15, 0.2) is 60.7 Å². The number of methoxy groups -OCH3 is 1. The number of benzene rings is 2. The first kappa shape index (κ1) is 20.9. The lowest BCUT2D eigenvalue weighted by Gasteiger charge is -2.33. The number of amides is 2. The summed E-state index contributed by atoms with van der Waals surface area (Å²) in [5.74, 6) is 0.0944. The Balaban J connectivity index is 1.48. The zero-order chi connectivity index (χ0) is 20.5. The van der Waals surface area contributed by atoms with Crippen molar-refractivity contribution in [2.24, 2.45) is 0 Å². The summed E-state index contributed by atoms with van der Waals surface area (Å²) in [6, 6.07) is 20.3. The van der Waals surface area contributed by atoms with Gasteiger partial charge in [-0.25, -0.2) is 4.79 Å². The highest BCUT2D eigenvalue weighted by Crippen LogP contribution is 2.27. The third-order valence-electron chi connectivity index (χ3n) is 5.35. The molecule has 2 aromatic carbocycles. The molecule has 1 N–H and O–H groups in total. The van der Waals surface area contributed by atoms with Crippen LogP contribution in [0.5, 0.6) is 0 Å². The molecular formula is C23H29N3O3. The molecule has 1 heterocycles. The Labute approximate surface area is 172 Å². The van der Waals surface area contributed by atoms with Gasteiger partial charge in [0.05, 0.1) is 7.11 Å². The molecule has 2 amide bonds. The van der Waals surface area contributed by atoms with Gasteiger partial charge in [-0.05, 0) is 11.1 Å². The molecule has 0 spiro atoms. The van der Waals surface area contributed by atoms with Crippen molar-refractivity contribution in [3.8, 4) is 0 Å². The topological polar surface area (TPSA) is 61.9 Å². The van der Waals surface area contributed by atoms with Gasteiger partial charge in [0.25, 0.3) is 0 Å². The van der Waals surface area contributed by atoms with Crippen LogP contribution in [0.3, 0.4) is 0 Å². The number of carbonyl (C=O) groups is 2. The Hall–Kier alpha value is -2.86. The molecule has 0 unspecified atom stereocenters. The SMILES string of the molecule is COC(=O)N1CCN(CCNC(=O)CC(c2ccccc2)c2ccccc2)CC1. The molecule has 2 aromatic rings. The maximum Gasteiger partial charge on any atom is 0.409 e. The molecule has 0 bridgehead atoms. The number of piperazine rings is 1. The number of nitrogens with zero attached hydrogens (tertiary/aromatic N) is 2. The average Bonchev–Trinajstić information content (AvgIpc) is 2.78. The van der Waals surface area contributed by atoms with Crippen molar-refractivity contribution in [1.82, 2.24) is 15.1 Å². The van der Waals surface area contributed by atoms with Gasteiger partial charge in [0, 0.05) is 51.6 Å². The second-order valence-corrected chi connectivity index (χ2v) is 7.23. The van der Waals surface area contributed by atoms with E-state index >= 15 is 0 Å². The van der Waals surface area contributed by atoms with E-state index in [1.807, 2.05) is 36.4 Å². The van der Waals surface area contributed by atoms with E-state index in [1.54, 1.807) is 4.90 Å². The first-order valence-corrected chi connectivity index (χ1v) is 10.1. The van der Waals surface area contributed by atoms with Gasteiger partial charge in [-0.1, -0.05) is 60.7 Å². The van der Waals surface area contributed by atoms with E-state index in [-0.39, 0.29) is 17.9 Å². The average molecular weight is 396 g/mol. The Morgan fingerprint density at radius 3 is 2.00 bits per heavy atom. The fraction of sp³-hybridized carbons (Fsp3) is 0.391. The lowest BCUT2D eigenvalue weighted by atomic mass is 9.88. The summed E-state index contributed by atoms with van der Waals surface area (Å²) in [6.45, 7) is 4.29. The number of rotatable bonds is 7. The second-order valence-electron chi connectivity index (χ2n) is 7.23. The van der Waals surface area contributed by atoms with Crippen LogP contribution in [-0.4, -0.2) is 68.2 Å². The summed E-state index contributed by atoms with van der Waals surface area (Å²) < 4.78 is 4.76. The maximum absolute atomic E-state index is 12.6. The highest BCUT2D eigenvalue weighted by Gasteiger charge is 2.22. The van der Waals surface area contributed by atoms with Gasteiger partial charge < -0.3 is 15.0 Å². The molecule has 1 saturated heterocycles. The Kier molecular flexibility index (Phi) is 7.64. The summed E-state index contributed by atoms with van der Waals surface area (Å²) in [4.78, 5) is 28.1. The van der Waals surface area contributed by atoms with Gasteiger partial charge in [0.15, 0.2) is 0 Å². The monoisotopic (exact) mass is 395 g/mol. The van der Waals surface area contributed by atoms with Crippen molar-refractivity contribution < 1.29 is 14.3 Å². The predicted octanol–water partition coefficient (Wildman–Crippen LogP) is 2.71. The van der Waals surface area contributed by atoms with Gasteiger partial charge in [-0.2, -0.15) is 0 Å². The minimum atomic E-state index is -0.272. The molecular weight excluding hydrogens is 366 g/mol. The van der Waals surface area contributed by atoms with Crippen LogP contribution in [0.2, 0.25) is 0 Å². The molecule has 3 rings (SSSR count). The second kappa shape index (κ2) is 10.6. The van der Waals surface area contributed by atoms with E-state index in [0.29, 0.717) is 26.1 Å². The van der Waals surface area contributed by atoms with E-state index in [2.05, 4.69) is 34.5 Å². The van der Waals surface area contributed by atoms with Crippen LogP contribution in [-0.2, 0) is 9.53 Å². The molecule has 1 aliphatic rings. The van der Waals surface area contributed by atoms with Crippen LogP contribution >= 0.6 is 0 Å². The van der Waals surface area contributed by atoms with Gasteiger partial charge in [-0.15, -0.1) is 0 Å². The zero-order valence-electron chi connectivity index (χ0n) is 16.9. The molecule has 29 heavy (non-hydrogen) atoms. The molecule has 0 saturated carbocycles. The van der Waals surface area contributed by atoms with Gasteiger partial charge in [-0.3, -0.25) is 9.69 Å². The summed E-state index contributed by atoms with van der Waals surface area (Å²) in [6.07, 6.45) is 0.148. The number of carbonyl (C=O) groups excluding carboxylic acids is 2. The minimum Gasteiger partial charge on any atom is -0.453 e. The van der Waals surface area contributed by atoms with E-state index in [1.165, 1.54) is 7.11 Å². The third kappa shape index (κ3) is 6.06. The largest absolute Gasteiger partial charge is 0.453 e. The highest BCUT2D eigenvalue weighted by atomic mass is 16.5. The van der Waals surface area contributed by atoms with E-state index in [4.69, 9.17) is 4.74 Å². The number of hydrogen-bond acceptors (Lipinski definition) is 4. The summed E-state index contributed by atoms with van der Waals surface area (Å²) >= 11 is 0. The van der Waals surface area contributed by atoms with E-state index in [9.17, 15) is 9.59 Å². The molecule has 0 aliphatic carbocycles. The molecule has 6 heteroatoms. The summed E-state index contributed by atoms with van der Waals surface area (Å²) in [5.41, 5.74) is 2.29. The molecule has 0 aromatic heterocycles. The van der Waals surface area contributed by atoms with Crippen molar-refractivity contribution in [3.63, 3.8) is 0 Å². The van der Waals surface area contributed by atoms with Gasteiger partial charge >= 0.3 is 6.09 Å². The van der Waals surface area contributed by atoms with Crippen molar-refractivity contribution in [2.75, 3.05) is 46.4 Å². The standard InChI is InChI=1S/C23H29N3O3/c1-29-23(28)26-16-14-25(15-17-26)13-12-24-22(27)18-21(19-8-4-2-5-9-19)20-10-6-3-7-11-20/h2-11,21H,12-18H2,1H3,(H,24,27). The molecule has 1 fully saturated rings. The van der Waals surface area contributed by atoms with Crippen LogP contribution in [0.1, 0.15) is 23.5 Å².